The summed E-state index contributed by atoms with van der Waals surface area (Å²) in [4.78, 5) is 0.798. The van der Waals surface area contributed by atoms with E-state index < -0.39 is 21.8 Å². The number of sulfonamides is 1. The zero-order valence-corrected chi connectivity index (χ0v) is 20.5. The molecule has 2 N–H and O–H groups in total. The van der Waals surface area contributed by atoms with Crippen LogP contribution in [0.25, 0.3) is 0 Å². The molecular weight excluding hydrogens is 457 g/mol. The average Bonchev–Trinajstić information content (AvgIpc) is 3.23. The lowest BCUT2D eigenvalue weighted by molar-refractivity contribution is -0.137. The van der Waals surface area contributed by atoms with Crippen molar-refractivity contribution in [3.8, 4) is 0 Å². The summed E-state index contributed by atoms with van der Waals surface area (Å²) in [5.41, 5.74) is -0.163. The second kappa shape index (κ2) is 12.2. The predicted molar refractivity (Wildman–Crippen MR) is 124 cm³/mol. The Labute approximate surface area is 193 Å². The van der Waals surface area contributed by atoms with E-state index in [9.17, 15) is 21.6 Å². The number of benzene rings is 1. The zero-order chi connectivity index (χ0) is 23.8. The highest BCUT2D eigenvalue weighted by Gasteiger charge is 2.31. The highest BCUT2D eigenvalue weighted by Crippen LogP contribution is 2.32. The molecule has 0 fully saturated rings. The third-order valence-electron chi connectivity index (χ3n) is 5.48. The van der Waals surface area contributed by atoms with Crippen LogP contribution in [0.15, 0.2) is 40.6 Å². The van der Waals surface area contributed by atoms with Crippen LogP contribution in [0.5, 0.6) is 0 Å². The molecule has 0 aliphatic rings. The Morgan fingerprint density at radius 1 is 1.09 bits per heavy atom. The molecule has 2 aromatic rings. The largest absolute Gasteiger partial charge is 0.416 e. The Hall–Kier alpha value is -1.42. The van der Waals surface area contributed by atoms with Crippen LogP contribution in [0.4, 0.5) is 13.2 Å². The number of hydrogen-bond donors (Lipinski definition) is 2. The summed E-state index contributed by atoms with van der Waals surface area (Å²) in [6, 6.07) is 8.24. The van der Waals surface area contributed by atoms with E-state index in [0.717, 1.165) is 54.0 Å². The smallest absolute Gasteiger partial charge is 0.310 e. The van der Waals surface area contributed by atoms with Crippen molar-refractivity contribution in [2.45, 2.75) is 69.3 Å². The highest BCUT2D eigenvalue weighted by atomic mass is 32.2. The molecule has 0 radical (unpaired) electrons. The van der Waals surface area contributed by atoms with Gasteiger partial charge in [-0.05, 0) is 48.7 Å². The van der Waals surface area contributed by atoms with Crippen molar-refractivity contribution in [3.05, 3.63) is 52.4 Å². The van der Waals surface area contributed by atoms with Gasteiger partial charge in [0.15, 0.2) is 0 Å². The molecule has 0 amide bonds. The summed E-state index contributed by atoms with van der Waals surface area (Å²) in [5.74, 6) is 0.309. The number of rotatable bonds is 13. The molecule has 1 heterocycles. The summed E-state index contributed by atoms with van der Waals surface area (Å²) >= 11 is 1.16. The summed E-state index contributed by atoms with van der Waals surface area (Å²) < 4.78 is 67.8. The average molecular weight is 491 g/mol. The van der Waals surface area contributed by atoms with Crippen molar-refractivity contribution < 1.29 is 21.6 Å². The SMILES string of the molecule is CCCCC(CC)CNS(=O)(=O)c1ccc(CC(NCC)c2cccc(C(F)(F)F)c2)s1. The van der Waals surface area contributed by atoms with Gasteiger partial charge < -0.3 is 5.32 Å². The van der Waals surface area contributed by atoms with Crippen LogP contribution in [0.1, 0.15) is 68.5 Å². The van der Waals surface area contributed by atoms with Gasteiger partial charge in [0.2, 0.25) is 10.0 Å². The molecule has 1 aromatic carbocycles. The van der Waals surface area contributed by atoms with Crippen LogP contribution >= 0.6 is 11.3 Å². The molecule has 180 valence electrons. The van der Waals surface area contributed by atoms with Crippen molar-refractivity contribution in [2.75, 3.05) is 13.1 Å². The molecule has 2 atom stereocenters. The number of nitrogens with one attached hydrogen (secondary N) is 2. The lowest BCUT2D eigenvalue weighted by atomic mass is 10.00. The minimum atomic E-state index is -4.41. The maximum absolute atomic E-state index is 13.1. The number of likely N-dealkylation sites (N-methyl/N-ethyl adjacent to an activating group) is 1. The van der Waals surface area contributed by atoms with Gasteiger partial charge >= 0.3 is 6.18 Å². The number of thiophene rings is 1. The monoisotopic (exact) mass is 490 g/mol. The highest BCUT2D eigenvalue weighted by molar-refractivity contribution is 7.91. The molecule has 1 aromatic heterocycles. The normalized spacial score (nSPS) is 14.4. The van der Waals surface area contributed by atoms with Gasteiger partial charge in [0, 0.05) is 23.9 Å². The number of halogens is 3. The van der Waals surface area contributed by atoms with E-state index in [-0.39, 0.29) is 10.3 Å². The van der Waals surface area contributed by atoms with Crippen LogP contribution in [-0.2, 0) is 22.6 Å². The second-order valence-corrected chi connectivity index (χ2v) is 11.1. The van der Waals surface area contributed by atoms with E-state index in [1.54, 1.807) is 18.2 Å². The molecule has 0 saturated carbocycles. The number of unbranched alkanes of at least 4 members (excludes halogenated alkanes) is 1. The number of alkyl halides is 3. The first-order chi connectivity index (χ1) is 15.1. The van der Waals surface area contributed by atoms with E-state index >= 15 is 0 Å². The third kappa shape index (κ3) is 7.86. The molecule has 2 rings (SSSR count). The van der Waals surface area contributed by atoms with Crippen LogP contribution in [0.3, 0.4) is 0 Å². The van der Waals surface area contributed by atoms with Crippen molar-refractivity contribution in [2.24, 2.45) is 5.92 Å². The third-order valence-corrected chi connectivity index (χ3v) is 8.50. The zero-order valence-electron chi connectivity index (χ0n) is 18.8. The quantitative estimate of drug-likeness (QED) is 0.354. The molecule has 0 saturated heterocycles. The van der Waals surface area contributed by atoms with Gasteiger partial charge in [-0.1, -0.05) is 52.2 Å². The van der Waals surface area contributed by atoms with Gasteiger partial charge in [-0.3, -0.25) is 0 Å². The first-order valence-electron chi connectivity index (χ1n) is 11.1. The molecule has 0 aliphatic heterocycles. The fraction of sp³-hybridized carbons (Fsp3) is 0.565. The fourth-order valence-electron chi connectivity index (χ4n) is 3.54. The van der Waals surface area contributed by atoms with E-state index in [0.29, 0.717) is 31.0 Å². The van der Waals surface area contributed by atoms with Gasteiger partial charge in [0.05, 0.1) is 5.56 Å². The summed E-state index contributed by atoms with van der Waals surface area (Å²) in [6.45, 7) is 7.06. The summed E-state index contributed by atoms with van der Waals surface area (Å²) in [5, 5.41) is 3.22. The Morgan fingerprint density at radius 2 is 1.84 bits per heavy atom. The van der Waals surface area contributed by atoms with Gasteiger partial charge in [-0.25, -0.2) is 13.1 Å². The maximum atomic E-state index is 13.1. The maximum Gasteiger partial charge on any atom is 0.416 e. The van der Waals surface area contributed by atoms with Gasteiger partial charge in [0.1, 0.15) is 4.21 Å². The first-order valence-corrected chi connectivity index (χ1v) is 13.4. The lowest BCUT2D eigenvalue weighted by Gasteiger charge is -2.19. The van der Waals surface area contributed by atoms with E-state index in [1.807, 2.05) is 6.92 Å². The minimum Gasteiger partial charge on any atom is -0.310 e. The van der Waals surface area contributed by atoms with Crippen LogP contribution in [-0.4, -0.2) is 21.5 Å². The Morgan fingerprint density at radius 3 is 2.47 bits per heavy atom. The van der Waals surface area contributed by atoms with Crippen LogP contribution in [0, 0.1) is 5.92 Å². The van der Waals surface area contributed by atoms with E-state index in [4.69, 9.17) is 0 Å². The van der Waals surface area contributed by atoms with Gasteiger partial charge in [-0.15, -0.1) is 11.3 Å². The molecular formula is C23H33F3N2O2S2. The lowest BCUT2D eigenvalue weighted by Crippen LogP contribution is -2.28. The molecule has 32 heavy (non-hydrogen) atoms. The molecule has 0 spiro atoms. The standard InChI is InChI=1S/C23H33F3N2O2S2/c1-4-7-9-17(5-2)16-28-32(29,30)22-13-12-20(31-22)15-21(27-6-3)18-10-8-11-19(14-18)23(24,25)26/h8,10-14,17,21,27-28H,4-7,9,15-16H2,1-3H3. The molecule has 0 aliphatic carbocycles. The van der Waals surface area contributed by atoms with Gasteiger partial charge in [0.25, 0.3) is 0 Å². The van der Waals surface area contributed by atoms with E-state index in [2.05, 4.69) is 23.9 Å². The van der Waals surface area contributed by atoms with E-state index in [1.165, 1.54) is 6.07 Å². The van der Waals surface area contributed by atoms with Crippen LogP contribution < -0.4 is 10.0 Å². The molecule has 9 heteroatoms. The summed E-state index contributed by atoms with van der Waals surface area (Å²) in [6.07, 6.45) is 0.0623. The number of hydrogen-bond acceptors (Lipinski definition) is 4. The Balaban J connectivity index is 2.12. The Bertz CT molecular complexity index is 943. The minimum absolute atomic E-state index is 0.233. The second-order valence-electron chi connectivity index (χ2n) is 7.93. The van der Waals surface area contributed by atoms with Crippen molar-refractivity contribution in [3.63, 3.8) is 0 Å². The van der Waals surface area contributed by atoms with Crippen LogP contribution in [0.2, 0.25) is 0 Å². The van der Waals surface area contributed by atoms with Gasteiger partial charge in [-0.2, -0.15) is 13.2 Å². The molecule has 4 nitrogen and oxygen atoms in total. The molecule has 2 unspecified atom stereocenters. The fourth-order valence-corrected chi connectivity index (χ4v) is 6.10. The first kappa shape index (κ1) is 26.8. The van der Waals surface area contributed by atoms with Crippen molar-refractivity contribution in [1.82, 2.24) is 10.0 Å². The summed E-state index contributed by atoms with van der Waals surface area (Å²) in [7, 11) is -3.61. The predicted octanol–water partition coefficient (Wildman–Crippen LogP) is 6.15. The molecule has 0 bridgehead atoms. The topological polar surface area (TPSA) is 58.2 Å². The Kier molecular flexibility index (Phi) is 10.2. The van der Waals surface area contributed by atoms with Crippen molar-refractivity contribution in [1.29, 1.82) is 0 Å². The van der Waals surface area contributed by atoms with Crippen molar-refractivity contribution >= 4 is 21.4 Å².